The highest BCUT2D eigenvalue weighted by Crippen LogP contribution is 2.35. The lowest BCUT2D eigenvalue weighted by Crippen LogP contribution is -2.43. The summed E-state index contributed by atoms with van der Waals surface area (Å²) >= 11 is 0. The molecule has 0 saturated heterocycles. The third-order valence-corrected chi connectivity index (χ3v) is 4.99. The third kappa shape index (κ3) is 5.69. The lowest BCUT2D eigenvalue weighted by atomic mass is 9.83. The Morgan fingerprint density at radius 2 is 1.96 bits per heavy atom. The molecule has 5 N–H and O–H groups in total. The number of amides is 1. The second kappa shape index (κ2) is 10.5. The van der Waals surface area contributed by atoms with E-state index in [1.165, 1.54) is 17.8 Å². The van der Waals surface area contributed by atoms with E-state index in [0.717, 1.165) is 19.3 Å². The number of rotatable bonds is 5. The summed E-state index contributed by atoms with van der Waals surface area (Å²) in [7, 11) is 0. The van der Waals surface area contributed by atoms with E-state index in [4.69, 9.17) is 5.73 Å². The Hall–Kier alpha value is -2.60. The Bertz CT molecular complexity index is 660. The van der Waals surface area contributed by atoms with Crippen LogP contribution in [-0.4, -0.2) is 31.5 Å². The monoisotopic (exact) mass is 369 g/mol. The fourth-order valence-electron chi connectivity index (χ4n) is 3.61. The van der Waals surface area contributed by atoms with E-state index in [9.17, 15) is 4.79 Å². The van der Waals surface area contributed by atoms with E-state index >= 15 is 0 Å². The molecule has 1 aliphatic heterocycles. The molecule has 27 heavy (non-hydrogen) atoms. The maximum atomic E-state index is 12.2. The van der Waals surface area contributed by atoms with Crippen molar-refractivity contribution in [2.45, 2.75) is 44.8 Å². The van der Waals surface area contributed by atoms with Gasteiger partial charge in [0.2, 0.25) is 0 Å². The molecule has 2 atom stereocenters. The number of hydrogen-bond acceptors (Lipinski definition) is 5. The van der Waals surface area contributed by atoms with Crippen LogP contribution in [0.1, 0.15) is 32.6 Å². The number of hydrogen-bond donors (Lipinski definition) is 4. The maximum absolute atomic E-state index is 12.2. The molecule has 1 aromatic carbocycles. The van der Waals surface area contributed by atoms with Gasteiger partial charge in [0.1, 0.15) is 0 Å². The van der Waals surface area contributed by atoms with Crippen molar-refractivity contribution in [3.8, 4) is 0 Å². The lowest BCUT2D eigenvalue weighted by Gasteiger charge is -2.33. The van der Waals surface area contributed by atoms with Crippen molar-refractivity contribution < 1.29 is 4.79 Å². The molecular weight excluding hydrogens is 338 g/mol. The molecule has 2 aliphatic rings. The average molecular weight is 370 g/mol. The molecule has 0 bridgehead atoms. The minimum Gasteiger partial charge on any atom is -0.363 e. The first-order valence-corrected chi connectivity index (χ1v) is 9.47. The fourth-order valence-corrected chi connectivity index (χ4v) is 3.61. The summed E-state index contributed by atoms with van der Waals surface area (Å²) in [5.41, 5.74) is 7.79. The molecule has 0 aromatic heterocycles. The summed E-state index contributed by atoms with van der Waals surface area (Å²) in [6.07, 6.45) is 8.06. The Labute approximate surface area is 162 Å². The summed E-state index contributed by atoms with van der Waals surface area (Å²) in [6, 6.07) is 8.55. The van der Waals surface area contributed by atoms with Gasteiger partial charge in [-0.3, -0.25) is 9.79 Å². The Kier molecular flexibility index (Phi) is 8.07. The molecule has 1 heterocycles. The van der Waals surface area contributed by atoms with Gasteiger partial charge < -0.3 is 21.7 Å². The molecule has 146 valence electrons. The van der Waals surface area contributed by atoms with Gasteiger partial charge in [0.15, 0.2) is 0 Å². The second-order valence-corrected chi connectivity index (χ2v) is 6.76. The molecule has 1 aliphatic carbocycles. The summed E-state index contributed by atoms with van der Waals surface area (Å²) in [5, 5.41) is 10.3. The number of allylic oxidation sites excluding steroid dienone is 1. The van der Waals surface area contributed by atoms with Crippen LogP contribution in [0.2, 0.25) is 0 Å². The zero-order valence-corrected chi connectivity index (χ0v) is 16.1. The van der Waals surface area contributed by atoms with Crippen molar-refractivity contribution in [2.75, 3.05) is 17.3 Å². The Morgan fingerprint density at radius 1 is 1.33 bits per heavy atom. The van der Waals surface area contributed by atoms with E-state index < -0.39 is 0 Å². The SMILES string of the molecule is C=C/C(=C\C)C(=O)NC1CCCC(C2Nc3ccccc3N2)C1.C=NCN. The van der Waals surface area contributed by atoms with E-state index in [1.54, 1.807) is 12.2 Å². The predicted molar refractivity (Wildman–Crippen MR) is 114 cm³/mol. The first-order valence-electron chi connectivity index (χ1n) is 9.47. The number of nitrogens with two attached hydrogens (primary N) is 1. The van der Waals surface area contributed by atoms with Crippen molar-refractivity contribution in [3.63, 3.8) is 0 Å². The van der Waals surface area contributed by atoms with Gasteiger partial charge in [0.05, 0.1) is 24.2 Å². The number of aliphatic imine (C=N–C) groups is 1. The highest BCUT2D eigenvalue weighted by Gasteiger charge is 2.32. The van der Waals surface area contributed by atoms with Gasteiger partial charge in [-0.25, -0.2) is 0 Å². The van der Waals surface area contributed by atoms with Crippen LogP contribution in [-0.2, 0) is 4.79 Å². The maximum Gasteiger partial charge on any atom is 0.251 e. The van der Waals surface area contributed by atoms with Gasteiger partial charge in [0, 0.05) is 11.6 Å². The normalized spacial score (nSPS) is 21.6. The highest BCUT2D eigenvalue weighted by atomic mass is 16.1. The largest absolute Gasteiger partial charge is 0.363 e. The summed E-state index contributed by atoms with van der Waals surface area (Å²) in [4.78, 5) is 15.5. The topological polar surface area (TPSA) is 91.5 Å². The van der Waals surface area contributed by atoms with Crippen molar-refractivity contribution in [2.24, 2.45) is 16.6 Å². The molecule has 3 rings (SSSR count). The number of carbonyl (C=O) groups excluding carboxylic acids is 1. The van der Waals surface area contributed by atoms with Crippen molar-refractivity contribution >= 4 is 24.0 Å². The van der Waals surface area contributed by atoms with Crippen LogP contribution in [0.4, 0.5) is 11.4 Å². The summed E-state index contributed by atoms with van der Waals surface area (Å²) in [6.45, 7) is 9.00. The van der Waals surface area contributed by atoms with Crippen LogP contribution in [0, 0.1) is 5.92 Å². The summed E-state index contributed by atoms with van der Waals surface area (Å²) < 4.78 is 0. The molecule has 6 heteroatoms. The van der Waals surface area contributed by atoms with Crippen molar-refractivity contribution in [1.29, 1.82) is 0 Å². The molecular formula is C21H31N5O. The molecule has 6 nitrogen and oxygen atoms in total. The van der Waals surface area contributed by atoms with Crippen molar-refractivity contribution in [1.82, 2.24) is 5.32 Å². The molecule has 1 aromatic rings. The molecule has 0 radical (unpaired) electrons. The third-order valence-electron chi connectivity index (χ3n) is 4.99. The van der Waals surface area contributed by atoms with Gasteiger partial charge in [-0.2, -0.15) is 0 Å². The standard InChI is InChI=1S/C19H25N3O.C2H6N2/c1-3-13(4-2)19(23)20-15-9-7-8-14(12-15)18-21-16-10-5-6-11-17(16)22-18;1-4-2-3/h3-6,10-11,14-15,18,21-22H,1,7-9,12H2,2H3,(H,20,23);1-3H2/b13-4+;. The first kappa shape index (κ1) is 20.7. The minimum atomic E-state index is -0.0104. The van der Waals surface area contributed by atoms with E-state index in [2.05, 4.69) is 46.4 Å². The number of para-hydroxylation sites is 2. The second-order valence-electron chi connectivity index (χ2n) is 6.76. The predicted octanol–water partition coefficient (Wildman–Crippen LogP) is 3.26. The van der Waals surface area contributed by atoms with Gasteiger partial charge >= 0.3 is 0 Å². The smallest absolute Gasteiger partial charge is 0.251 e. The number of nitrogens with zero attached hydrogens (tertiary/aromatic N) is 1. The molecule has 1 saturated carbocycles. The van der Waals surface area contributed by atoms with E-state index in [0.29, 0.717) is 18.2 Å². The number of fused-ring (bicyclic) bond motifs is 1. The van der Waals surface area contributed by atoms with Gasteiger partial charge in [-0.15, -0.1) is 0 Å². The first-order chi connectivity index (χ1) is 13.1. The molecule has 0 spiro atoms. The van der Waals surface area contributed by atoms with E-state index in [1.807, 2.05) is 19.1 Å². The minimum absolute atomic E-state index is 0.0104. The van der Waals surface area contributed by atoms with Crippen LogP contribution in [0.25, 0.3) is 0 Å². The van der Waals surface area contributed by atoms with Crippen LogP contribution in [0.15, 0.2) is 53.6 Å². The van der Waals surface area contributed by atoms with Crippen molar-refractivity contribution in [3.05, 3.63) is 48.6 Å². The van der Waals surface area contributed by atoms with Crippen LogP contribution in [0.3, 0.4) is 0 Å². The zero-order valence-electron chi connectivity index (χ0n) is 16.1. The Balaban J connectivity index is 0.000000596. The fraction of sp³-hybridized carbons (Fsp3) is 0.429. The number of nitrogens with one attached hydrogen (secondary N) is 3. The molecule has 1 fully saturated rings. The lowest BCUT2D eigenvalue weighted by molar-refractivity contribution is -0.118. The number of benzene rings is 1. The average Bonchev–Trinajstić information content (AvgIpc) is 3.13. The highest BCUT2D eigenvalue weighted by molar-refractivity contribution is 5.96. The molecule has 1 amide bonds. The van der Waals surface area contributed by atoms with E-state index in [-0.39, 0.29) is 18.1 Å². The van der Waals surface area contributed by atoms with Crippen LogP contribution < -0.4 is 21.7 Å². The molecule has 2 unspecified atom stereocenters. The number of anilines is 2. The van der Waals surface area contributed by atoms with Crippen LogP contribution in [0.5, 0.6) is 0 Å². The zero-order chi connectivity index (χ0) is 19.6. The summed E-state index contributed by atoms with van der Waals surface area (Å²) in [5.74, 6) is 0.503. The van der Waals surface area contributed by atoms with Gasteiger partial charge in [-0.05, 0) is 51.0 Å². The van der Waals surface area contributed by atoms with Gasteiger partial charge in [0.25, 0.3) is 5.91 Å². The number of carbonyl (C=O) groups is 1. The van der Waals surface area contributed by atoms with Crippen LogP contribution >= 0.6 is 0 Å². The van der Waals surface area contributed by atoms with Gasteiger partial charge in [-0.1, -0.05) is 37.3 Å². The Morgan fingerprint density at radius 3 is 2.48 bits per heavy atom. The quantitative estimate of drug-likeness (QED) is 0.364.